The molecule has 0 spiro atoms. The number of rotatable bonds is 8. The Labute approximate surface area is 166 Å². The first-order valence-electron chi connectivity index (χ1n) is 11.2. The van der Waals surface area contributed by atoms with E-state index in [9.17, 15) is 0 Å². The number of fused-ring (bicyclic) bond motifs is 2. The molecule has 144 valence electrons. The van der Waals surface area contributed by atoms with Crippen molar-refractivity contribution in [3.8, 4) is 0 Å². The van der Waals surface area contributed by atoms with Crippen molar-refractivity contribution in [1.29, 1.82) is 0 Å². The molecule has 0 N–H and O–H groups in total. The summed E-state index contributed by atoms with van der Waals surface area (Å²) in [5, 5.41) is 0. The van der Waals surface area contributed by atoms with Crippen LogP contribution >= 0.6 is 0 Å². The normalized spacial score (nSPS) is 32.1. The van der Waals surface area contributed by atoms with E-state index in [0.29, 0.717) is 10.8 Å². The molecule has 4 atom stereocenters. The van der Waals surface area contributed by atoms with E-state index in [1.807, 2.05) is 0 Å². The molecule has 4 unspecified atom stereocenters. The van der Waals surface area contributed by atoms with Gasteiger partial charge in [0.1, 0.15) is 0 Å². The number of aryl methyl sites for hydroxylation is 2. The van der Waals surface area contributed by atoms with Crippen molar-refractivity contribution in [2.24, 2.45) is 22.7 Å². The molecule has 0 nitrogen and oxygen atoms in total. The van der Waals surface area contributed by atoms with Crippen molar-refractivity contribution in [2.45, 2.75) is 71.6 Å². The quantitative estimate of drug-likeness (QED) is 0.458. The standard InChI is InChI=1S/C27H36/c1-26-20-18-24(21-26)25(17-9-15-22-11-5-3-6-12-22)27(26,2)19-10-16-23-13-7-4-8-14-23/h3-8,11-14,24-25H,9-10,15-21H2,1-2H3. The van der Waals surface area contributed by atoms with Gasteiger partial charge in [-0.2, -0.15) is 0 Å². The van der Waals surface area contributed by atoms with Gasteiger partial charge in [0, 0.05) is 0 Å². The Kier molecular flexibility index (Phi) is 5.44. The van der Waals surface area contributed by atoms with Crippen molar-refractivity contribution < 1.29 is 0 Å². The minimum absolute atomic E-state index is 0.543. The summed E-state index contributed by atoms with van der Waals surface area (Å²) in [5.41, 5.74) is 4.15. The van der Waals surface area contributed by atoms with Gasteiger partial charge in [0.2, 0.25) is 0 Å². The van der Waals surface area contributed by atoms with Crippen LogP contribution in [-0.4, -0.2) is 0 Å². The predicted octanol–water partition coefficient (Wildman–Crippen LogP) is 7.47. The van der Waals surface area contributed by atoms with Gasteiger partial charge in [0.05, 0.1) is 0 Å². The zero-order valence-electron chi connectivity index (χ0n) is 17.3. The summed E-state index contributed by atoms with van der Waals surface area (Å²) >= 11 is 0. The molecule has 0 saturated heterocycles. The van der Waals surface area contributed by atoms with Crippen LogP contribution in [-0.2, 0) is 12.8 Å². The average Bonchev–Trinajstić information content (AvgIpc) is 3.18. The summed E-state index contributed by atoms with van der Waals surface area (Å²) in [5.74, 6) is 1.93. The zero-order chi connectivity index (χ0) is 18.7. The van der Waals surface area contributed by atoms with Crippen LogP contribution in [0.2, 0.25) is 0 Å². The van der Waals surface area contributed by atoms with E-state index in [4.69, 9.17) is 0 Å². The number of hydrogen-bond donors (Lipinski definition) is 0. The highest BCUT2D eigenvalue weighted by molar-refractivity contribution is 5.16. The van der Waals surface area contributed by atoms with Crippen molar-refractivity contribution in [3.63, 3.8) is 0 Å². The number of benzene rings is 2. The highest BCUT2D eigenvalue weighted by Crippen LogP contribution is 2.69. The number of hydrogen-bond acceptors (Lipinski definition) is 0. The summed E-state index contributed by atoms with van der Waals surface area (Å²) in [4.78, 5) is 0. The maximum Gasteiger partial charge on any atom is -0.0241 e. The van der Waals surface area contributed by atoms with E-state index in [2.05, 4.69) is 74.5 Å². The molecule has 2 aromatic carbocycles. The Balaban J connectivity index is 1.38. The van der Waals surface area contributed by atoms with Gasteiger partial charge in [-0.05, 0) is 91.6 Å². The van der Waals surface area contributed by atoms with Gasteiger partial charge in [-0.1, -0.05) is 74.5 Å². The third-order valence-corrected chi connectivity index (χ3v) is 8.37. The smallest absolute Gasteiger partial charge is 0.0241 e. The molecule has 0 aromatic heterocycles. The summed E-state index contributed by atoms with van der Waals surface area (Å²) in [7, 11) is 0. The molecule has 2 bridgehead atoms. The van der Waals surface area contributed by atoms with Crippen LogP contribution in [0, 0.1) is 22.7 Å². The molecule has 0 heteroatoms. The third kappa shape index (κ3) is 3.73. The molecule has 2 aliphatic carbocycles. The lowest BCUT2D eigenvalue weighted by molar-refractivity contribution is 0.0149. The molecule has 2 saturated carbocycles. The van der Waals surface area contributed by atoms with Gasteiger partial charge in [-0.25, -0.2) is 0 Å². The van der Waals surface area contributed by atoms with Gasteiger partial charge >= 0.3 is 0 Å². The average molecular weight is 361 g/mol. The Morgan fingerprint density at radius 1 is 0.815 bits per heavy atom. The first-order chi connectivity index (χ1) is 13.1. The highest BCUT2D eigenvalue weighted by Gasteiger charge is 2.60. The zero-order valence-corrected chi connectivity index (χ0v) is 17.3. The molecular weight excluding hydrogens is 324 g/mol. The van der Waals surface area contributed by atoms with E-state index in [-0.39, 0.29) is 0 Å². The summed E-state index contributed by atoms with van der Waals surface area (Å²) < 4.78 is 0. The molecule has 2 fully saturated rings. The van der Waals surface area contributed by atoms with Crippen LogP contribution in [0.1, 0.15) is 69.9 Å². The molecule has 0 radical (unpaired) electrons. The van der Waals surface area contributed by atoms with Crippen LogP contribution in [0.5, 0.6) is 0 Å². The predicted molar refractivity (Wildman–Crippen MR) is 116 cm³/mol. The van der Waals surface area contributed by atoms with Crippen LogP contribution < -0.4 is 0 Å². The Bertz CT molecular complexity index is 718. The molecule has 0 amide bonds. The largest absolute Gasteiger partial charge is 0.0622 e. The van der Waals surface area contributed by atoms with E-state index < -0.39 is 0 Å². The van der Waals surface area contributed by atoms with Crippen molar-refractivity contribution in [3.05, 3.63) is 71.8 Å². The van der Waals surface area contributed by atoms with Gasteiger partial charge in [0.25, 0.3) is 0 Å². The van der Waals surface area contributed by atoms with Crippen molar-refractivity contribution >= 4 is 0 Å². The second-order valence-electron chi connectivity index (χ2n) is 9.80. The first kappa shape index (κ1) is 18.8. The van der Waals surface area contributed by atoms with E-state index in [1.165, 1.54) is 68.9 Å². The Morgan fingerprint density at radius 2 is 1.41 bits per heavy atom. The van der Waals surface area contributed by atoms with Crippen LogP contribution in [0.15, 0.2) is 60.7 Å². The minimum atomic E-state index is 0.543. The van der Waals surface area contributed by atoms with Crippen LogP contribution in [0.25, 0.3) is 0 Å². The van der Waals surface area contributed by atoms with E-state index >= 15 is 0 Å². The SMILES string of the molecule is CC12CCC(C1)C(CCCc1ccccc1)C2(C)CCCc1ccccc1. The molecule has 0 heterocycles. The molecule has 4 rings (SSSR count). The molecule has 27 heavy (non-hydrogen) atoms. The monoisotopic (exact) mass is 360 g/mol. The van der Waals surface area contributed by atoms with Crippen LogP contribution in [0.3, 0.4) is 0 Å². The Hall–Kier alpha value is -1.56. The van der Waals surface area contributed by atoms with Gasteiger partial charge in [-0.15, -0.1) is 0 Å². The fraction of sp³-hybridized carbons (Fsp3) is 0.556. The maximum atomic E-state index is 2.66. The summed E-state index contributed by atoms with van der Waals surface area (Å²) in [6.07, 6.45) is 12.5. The molecular formula is C27H36. The second kappa shape index (κ2) is 7.82. The fourth-order valence-corrected chi connectivity index (χ4v) is 6.63. The van der Waals surface area contributed by atoms with Gasteiger partial charge in [-0.3, -0.25) is 0 Å². The van der Waals surface area contributed by atoms with Crippen LogP contribution in [0.4, 0.5) is 0 Å². The lowest BCUT2D eigenvalue weighted by Gasteiger charge is -2.48. The molecule has 2 aliphatic rings. The minimum Gasteiger partial charge on any atom is -0.0622 e. The second-order valence-corrected chi connectivity index (χ2v) is 9.80. The maximum absolute atomic E-state index is 2.66. The molecule has 2 aromatic rings. The Morgan fingerprint density at radius 3 is 2.04 bits per heavy atom. The third-order valence-electron chi connectivity index (χ3n) is 8.37. The summed E-state index contributed by atoms with van der Waals surface area (Å²) in [6.45, 7) is 5.27. The topological polar surface area (TPSA) is 0 Å². The van der Waals surface area contributed by atoms with E-state index in [1.54, 1.807) is 0 Å². The van der Waals surface area contributed by atoms with Gasteiger partial charge < -0.3 is 0 Å². The van der Waals surface area contributed by atoms with Crippen molar-refractivity contribution in [1.82, 2.24) is 0 Å². The lowest BCUT2D eigenvalue weighted by atomic mass is 9.57. The fourth-order valence-electron chi connectivity index (χ4n) is 6.63. The molecule has 0 aliphatic heterocycles. The van der Waals surface area contributed by atoms with Gasteiger partial charge in [0.15, 0.2) is 0 Å². The highest BCUT2D eigenvalue weighted by atomic mass is 14.7. The summed E-state index contributed by atoms with van der Waals surface area (Å²) in [6, 6.07) is 22.2. The van der Waals surface area contributed by atoms with E-state index in [0.717, 1.165) is 11.8 Å². The lowest BCUT2D eigenvalue weighted by Crippen LogP contribution is -2.40. The first-order valence-corrected chi connectivity index (χ1v) is 11.2. The van der Waals surface area contributed by atoms with Crippen molar-refractivity contribution in [2.75, 3.05) is 0 Å².